The molecule has 0 amide bonds. The zero-order chi connectivity index (χ0) is 25.0. The molecule has 5 heteroatoms. The summed E-state index contributed by atoms with van der Waals surface area (Å²) in [6.45, 7) is -3.99. The van der Waals surface area contributed by atoms with Crippen molar-refractivity contribution in [3.05, 3.63) is 95.1 Å². The van der Waals surface area contributed by atoms with Gasteiger partial charge in [0.25, 0.3) is 0 Å². The molecule has 7 rings (SSSR count). The lowest BCUT2D eigenvalue weighted by atomic mass is 9.77. The highest BCUT2D eigenvalue weighted by Gasteiger charge is 2.39. The van der Waals surface area contributed by atoms with Crippen molar-refractivity contribution in [1.29, 1.82) is 0 Å². The van der Waals surface area contributed by atoms with Crippen molar-refractivity contribution in [2.75, 3.05) is 0 Å². The number of fused-ring (bicyclic) bond motifs is 7. The topological polar surface area (TPSA) is 35.5 Å². The molecule has 0 unspecified atom stereocenters. The SMILES string of the molecule is O=P1(Cl)Oc2c(-c3ccccc3)cc3c(c2-c2c4c(cc(-c5ccccc5)c2O1)CCCC4)CCCC3. The fourth-order valence-electron chi connectivity index (χ4n) is 6.39. The van der Waals surface area contributed by atoms with E-state index in [1.807, 2.05) is 36.4 Å². The largest absolute Gasteiger partial charge is 0.530 e. The van der Waals surface area contributed by atoms with E-state index in [0.29, 0.717) is 11.5 Å². The molecule has 4 aromatic rings. The Hall–Kier alpha value is -3.00. The molecule has 3 nitrogen and oxygen atoms in total. The summed E-state index contributed by atoms with van der Waals surface area (Å²) in [6.07, 6.45) is 8.56. The minimum absolute atomic E-state index is 0.599. The Kier molecular flexibility index (Phi) is 5.68. The van der Waals surface area contributed by atoms with E-state index in [4.69, 9.17) is 20.3 Å². The quantitative estimate of drug-likeness (QED) is 0.244. The number of aryl methyl sites for hydroxylation is 2. The monoisotopic (exact) mass is 526 g/mol. The molecule has 0 fully saturated rings. The molecule has 0 atom stereocenters. The summed E-state index contributed by atoms with van der Waals surface area (Å²) in [5.41, 5.74) is 11.3. The minimum Gasteiger partial charge on any atom is -0.403 e. The first-order valence-electron chi connectivity index (χ1n) is 13.3. The van der Waals surface area contributed by atoms with Crippen molar-refractivity contribution in [1.82, 2.24) is 0 Å². The fraction of sp³-hybridized carbons (Fsp3) is 0.250. The van der Waals surface area contributed by atoms with Crippen molar-refractivity contribution >= 4 is 18.2 Å². The lowest BCUT2D eigenvalue weighted by molar-refractivity contribution is 0.412. The molecule has 186 valence electrons. The highest BCUT2D eigenvalue weighted by molar-refractivity contribution is 7.82. The third-order valence-corrected chi connectivity index (χ3v) is 9.24. The summed E-state index contributed by atoms with van der Waals surface area (Å²) in [6, 6.07) is 24.9. The second-order valence-electron chi connectivity index (χ2n) is 10.3. The summed E-state index contributed by atoms with van der Waals surface area (Å²) in [7, 11) is 0. The molecule has 0 spiro atoms. The van der Waals surface area contributed by atoms with Crippen molar-refractivity contribution in [3.63, 3.8) is 0 Å². The van der Waals surface area contributed by atoms with Gasteiger partial charge in [0, 0.05) is 33.5 Å². The summed E-state index contributed by atoms with van der Waals surface area (Å²) in [5.74, 6) is 1.20. The lowest BCUT2D eigenvalue weighted by Crippen LogP contribution is -2.10. The van der Waals surface area contributed by atoms with Crippen LogP contribution >= 0.6 is 18.2 Å². The first-order valence-corrected chi connectivity index (χ1v) is 15.7. The highest BCUT2D eigenvalue weighted by atomic mass is 35.7. The Balaban J connectivity index is 1.64. The van der Waals surface area contributed by atoms with Gasteiger partial charge in [-0.3, -0.25) is 0 Å². The summed E-state index contributed by atoms with van der Waals surface area (Å²) in [4.78, 5) is 0. The molecule has 2 aliphatic carbocycles. The maximum absolute atomic E-state index is 13.8. The molecule has 0 aromatic heterocycles. The van der Waals surface area contributed by atoms with E-state index in [-0.39, 0.29) is 0 Å². The Morgan fingerprint density at radius 2 is 1.00 bits per heavy atom. The van der Waals surface area contributed by atoms with E-state index < -0.39 is 6.95 Å². The minimum atomic E-state index is -3.99. The van der Waals surface area contributed by atoms with Crippen LogP contribution in [0.15, 0.2) is 72.8 Å². The molecule has 1 aliphatic heterocycles. The molecule has 0 saturated heterocycles. The molecular weight excluding hydrogens is 499 g/mol. The molecule has 0 saturated carbocycles. The van der Waals surface area contributed by atoms with E-state index >= 15 is 0 Å². The highest BCUT2D eigenvalue weighted by Crippen LogP contribution is 2.65. The molecule has 0 radical (unpaired) electrons. The number of benzene rings is 4. The number of rotatable bonds is 2. The van der Waals surface area contributed by atoms with E-state index in [2.05, 4.69) is 36.4 Å². The molecule has 37 heavy (non-hydrogen) atoms. The van der Waals surface area contributed by atoms with Gasteiger partial charge in [-0.1, -0.05) is 60.7 Å². The Morgan fingerprint density at radius 1 is 0.595 bits per heavy atom. The van der Waals surface area contributed by atoms with Gasteiger partial charge in [0.2, 0.25) is 0 Å². The van der Waals surface area contributed by atoms with Crippen molar-refractivity contribution < 1.29 is 13.6 Å². The summed E-state index contributed by atoms with van der Waals surface area (Å²) < 4.78 is 26.3. The predicted octanol–water partition coefficient (Wildman–Crippen LogP) is 9.56. The van der Waals surface area contributed by atoms with Gasteiger partial charge in [-0.15, -0.1) is 0 Å². The second kappa shape index (κ2) is 9.08. The zero-order valence-corrected chi connectivity index (χ0v) is 22.3. The first kappa shape index (κ1) is 23.1. The van der Waals surface area contributed by atoms with Gasteiger partial charge >= 0.3 is 6.95 Å². The van der Waals surface area contributed by atoms with E-state index in [0.717, 1.165) is 71.9 Å². The smallest absolute Gasteiger partial charge is 0.403 e. The average molecular weight is 527 g/mol. The molecule has 3 aliphatic rings. The number of hydrogen-bond donors (Lipinski definition) is 0. The van der Waals surface area contributed by atoms with Crippen molar-refractivity contribution in [3.8, 4) is 44.9 Å². The maximum atomic E-state index is 13.8. The Bertz CT molecular complexity index is 1450. The molecule has 0 bridgehead atoms. The van der Waals surface area contributed by atoms with E-state index in [1.54, 1.807) is 0 Å². The van der Waals surface area contributed by atoms with Crippen LogP contribution in [0.5, 0.6) is 11.5 Å². The predicted molar refractivity (Wildman–Crippen MR) is 151 cm³/mol. The van der Waals surface area contributed by atoms with Gasteiger partial charge in [-0.25, -0.2) is 4.57 Å². The molecule has 1 heterocycles. The van der Waals surface area contributed by atoms with Crippen LogP contribution in [-0.4, -0.2) is 0 Å². The van der Waals surface area contributed by atoms with Crippen LogP contribution in [-0.2, 0) is 30.2 Å². The lowest BCUT2D eigenvalue weighted by Gasteiger charge is -2.28. The van der Waals surface area contributed by atoms with Crippen LogP contribution in [0, 0.1) is 0 Å². The standard InChI is InChI=1S/C32H28ClO3P/c33-37(34)35-31-27(21-11-3-1-4-12-21)19-23-15-7-9-17-25(23)29(31)30-26-18-10-8-16-24(26)20-28(32(30)36-37)22-13-5-2-6-14-22/h1-6,11-14,19-20H,7-10,15-18H2. The molecule has 4 aromatic carbocycles. The molecule has 0 N–H and O–H groups in total. The van der Waals surface area contributed by atoms with Gasteiger partial charge in [-0.05, 0) is 96.9 Å². The van der Waals surface area contributed by atoms with E-state index in [9.17, 15) is 4.57 Å². The van der Waals surface area contributed by atoms with Crippen molar-refractivity contribution in [2.24, 2.45) is 0 Å². The average Bonchev–Trinajstić information content (AvgIpc) is 3.06. The zero-order valence-electron chi connectivity index (χ0n) is 20.6. The third-order valence-electron chi connectivity index (χ3n) is 8.03. The van der Waals surface area contributed by atoms with Crippen molar-refractivity contribution in [2.45, 2.75) is 51.4 Å². The normalized spacial score (nSPS) is 17.2. The van der Waals surface area contributed by atoms with E-state index in [1.165, 1.54) is 35.1 Å². The van der Waals surface area contributed by atoms with Gasteiger partial charge < -0.3 is 9.05 Å². The maximum Gasteiger partial charge on any atom is 0.530 e. The van der Waals surface area contributed by atoms with Crippen LogP contribution in [0.3, 0.4) is 0 Å². The first-order chi connectivity index (χ1) is 18.1. The molecular formula is C32H28ClO3P. The summed E-state index contributed by atoms with van der Waals surface area (Å²) >= 11 is 6.63. The fourth-order valence-corrected chi connectivity index (χ4v) is 7.66. The number of halogens is 1. The van der Waals surface area contributed by atoms with Crippen LogP contribution < -0.4 is 9.05 Å². The van der Waals surface area contributed by atoms with Gasteiger partial charge in [0.05, 0.1) is 0 Å². The van der Waals surface area contributed by atoms with Gasteiger partial charge in [-0.2, -0.15) is 0 Å². The Labute approximate surface area is 222 Å². The van der Waals surface area contributed by atoms with Crippen LogP contribution in [0.1, 0.15) is 47.9 Å². The second-order valence-corrected chi connectivity index (χ2v) is 12.8. The Morgan fingerprint density at radius 3 is 1.43 bits per heavy atom. The van der Waals surface area contributed by atoms with Crippen LogP contribution in [0.25, 0.3) is 33.4 Å². The number of hydrogen-bond acceptors (Lipinski definition) is 3. The third kappa shape index (κ3) is 4.00. The van der Waals surface area contributed by atoms with Crippen LogP contribution in [0.4, 0.5) is 0 Å². The van der Waals surface area contributed by atoms with Gasteiger partial charge in [0.1, 0.15) is 11.5 Å². The summed E-state index contributed by atoms with van der Waals surface area (Å²) in [5, 5.41) is 0. The van der Waals surface area contributed by atoms with Crippen LogP contribution in [0.2, 0.25) is 0 Å². The van der Waals surface area contributed by atoms with Gasteiger partial charge in [0.15, 0.2) is 0 Å².